The van der Waals surface area contributed by atoms with Crippen molar-refractivity contribution in [3.05, 3.63) is 59.7 Å². The Morgan fingerprint density at radius 3 is 2.16 bits per heavy atom. The van der Waals surface area contributed by atoms with Crippen molar-refractivity contribution in [3.8, 4) is 0 Å². The number of rotatable bonds is 3. The maximum atomic E-state index is 13.0. The topological polar surface area (TPSA) is 60.2 Å². The first-order chi connectivity index (χ1) is 8.88. The predicted molar refractivity (Wildman–Crippen MR) is 68.1 cm³/mol. The molecule has 0 spiro atoms. The van der Waals surface area contributed by atoms with E-state index < -0.39 is 27.2 Å². The Bertz CT molecular complexity index is 694. The van der Waals surface area contributed by atoms with Gasteiger partial charge in [0, 0.05) is 6.07 Å². The zero-order valence-electron chi connectivity index (χ0n) is 9.81. The second-order valence-electron chi connectivity index (χ2n) is 4.07. The molecule has 3 nitrogen and oxygen atoms in total. The molecule has 0 aliphatic heterocycles. The maximum absolute atomic E-state index is 13.0. The van der Waals surface area contributed by atoms with Crippen LogP contribution in [0.1, 0.15) is 5.56 Å². The lowest BCUT2D eigenvalue weighted by molar-refractivity contribution is 0.579. The molecule has 0 amide bonds. The Balaban J connectivity index is 2.39. The Labute approximate surface area is 109 Å². The molecule has 0 heterocycles. The molecule has 0 atom stereocenters. The van der Waals surface area contributed by atoms with Gasteiger partial charge in [-0.2, -0.15) is 0 Å². The summed E-state index contributed by atoms with van der Waals surface area (Å²) < 4.78 is 50.3. The average molecular weight is 283 g/mol. The minimum atomic E-state index is -3.74. The lowest BCUT2D eigenvalue weighted by Gasteiger charge is -2.07. The predicted octanol–water partition coefficient (Wildman–Crippen LogP) is 2.52. The summed E-state index contributed by atoms with van der Waals surface area (Å²) >= 11 is 0. The van der Waals surface area contributed by atoms with Gasteiger partial charge in [-0.3, -0.25) is 0 Å². The van der Waals surface area contributed by atoms with Crippen molar-refractivity contribution in [2.75, 3.05) is 5.73 Å². The number of sulfone groups is 1. The molecular formula is C13H11F2NO2S. The van der Waals surface area contributed by atoms with Crippen molar-refractivity contribution < 1.29 is 17.2 Å². The van der Waals surface area contributed by atoms with Crippen LogP contribution in [0.3, 0.4) is 0 Å². The van der Waals surface area contributed by atoms with Gasteiger partial charge in [0.1, 0.15) is 11.6 Å². The number of hydrogen-bond donors (Lipinski definition) is 1. The molecule has 0 radical (unpaired) electrons. The number of benzene rings is 2. The first-order valence-electron chi connectivity index (χ1n) is 5.41. The van der Waals surface area contributed by atoms with Gasteiger partial charge in [0.05, 0.1) is 16.3 Å². The molecule has 0 bridgehead atoms. The van der Waals surface area contributed by atoms with Crippen LogP contribution in [0.15, 0.2) is 47.4 Å². The monoisotopic (exact) mass is 283 g/mol. The molecule has 100 valence electrons. The molecule has 2 aromatic rings. The van der Waals surface area contributed by atoms with Crippen LogP contribution in [-0.2, 0) is 15.6 Å². The van der Waals surface area contributed by atoms with E-state index in [1.165, 1.54) is 18.2 Å². The summed E-state index contributed by atoms with van der Waals surface area (Å²) in [4.78, 5) is -0.0420. The highest BCUT2D eigenvalue weighted by molar-refractivity contribution is 7.90. The summed E-state index contributed by atoms with van der Waals surface area (Å²) in [6.45, 7) is 0. The van der Waals surface area contributed by atoms with E-state index in [2.05, 4.69) is 0 Å². The number of nitrogens with two attached hydrogens (primary N) is 1. The summed E-state index contributed by atoms with van der Waals surface area (Å²) in [5.74, 6) is -2.13. The average Bonchev–Trinajstić information content (AvgIpc) is 2.26. The first kappa shape index (κ1) is 13.5. The highest BCUT2D eigenvalue weighted by Gasteiger charge is 2.18. The van der Waals surface area contributed by atoms with E-state index in [9.17, 15) is 17.2 Å². The van der Waals surface area contributed by atoms with Crippen molar-refractivity contribution in [3.63, 3.8) is 0 Å². The molecule has 0 saturated carbocycles. The van der Waals surface area contributed by atoms with Crippen molar-refractivity contribution in [2.24, 2.45) is 0 Å². The van der Waals surface area contributed by atoms with E-state index in [0.717, 1.165) is 12.1 Å². The van der Waals surface area contributed by atoms with Gasteiger partial charge in [0.25, 0.3) is 0 Å². The maximum Gasteiger partial charge on any atom is 0.184 e. The molecule has 0 aliphatic rings. The number of anilines is 1. The molecule has 0 fully saturated rings. The van der Waals surface area contributed by atoms with Crippen LogP contribution in [0.2, 0.25) is 0 Å². The van der Waals surface area contributed by atoms with Crippen LogP contribution < -0.4 is 5.73 Å². The minimum Gasteiger partial charge on any atom is -0.398 e. The molecule has 0 saturated heterocycles. The second kappa shape index (κ2) is 4.97. The van der Waals surface area contributed by atoms with Gasteiger partial charge in [-0.25, -0.2) is 17.2 Å². The zero-order valence-corrected chi connectivity index (χ0v) is 10.6. The molecule has 0 unspecified atom stereocenters. The van der Waals surface area contributed by atoms with E-state index in [1.54, 1.807) is 6.07 Å². The summed E-state index contributed by atoms with van der Waals surface area (Å²) in [7, 11) is -3.74. The lowest BCUT2D eigenvalue weighted by atomic mass is 10.2. The number of halogens is 2. The fraction of sp³-hybridized carbons (Fsp3) is 0.0769. The molecule has 0 aliphatic carbocycles. The van der Waals surface area contributed by atoms with Gasteiger partial charge in [0.2, 0.25) is 0 Å². The Hall–Kier alpha value is -1.95. The Morgan fingerprint density at radius 1 is 1.00 bits per heavy atom. The van der Waals surface area contributed by atoms with Crippen molar-refractivity contribution >= 4 is 15.5 Å². The van der Waals surface area contributed by atoms with Crippen LogP contribution in [-0.4, -0.2) is 8.42 Å². The third-order valence-electron chi connectivity index (χ3n) is 2.53. The standard InChI is InChI=1S/C13H11F2NO2S/c14-10-5-9(6-11(15)7-10)8-19(17,18)13-4-2-1-3-12(13)16/h1-7H,8,16H2. The normalized spacial score (nSPS) is 11.5. The summed E-state index contributed by atoms with van der Waals surface area (Å²) in [5.41, 5.74) is 5.75. The molecule has 6 heteroatoms. The molecule has 19 heavy (non-hydrogen) atoms. The number of para-hydroxylation sites is 1. The summed E-state index contributed by atoms with van der Waals surface area (Å²) in [6.07, 6.45) is 0. The summed E-state index contributed by atoms with van der Waals surface area (Å²) in [6, 6.07) is 8.62. The van der Waals surface area contributed by atoms with Gasteiger partial charge in [-0.1, -0.05) is 12.1 Å². The van der Waals surface area contributed by atoms with Crippen molar-refractivity contribution in [1.29, 1.82) is 0 Å². The Morgan fingerprint density at radius 2 is 1.58 bits per heavy atom. The highest BCUT2D eigenvalue weighted by Crippen LogP contribution is 2.22. The first-order valence-corrected chi connectivity index (χ1v) is 7.06. The third kappa shape index (κ3) is 3.08. The van der Waals surface area contributed by atoms with E-state index in [0.29, 0.717) is 6.07 Å². The third-order valence-corrected chi connectivity index (χ3v) is 4.29. The van der Waals surface area contributed by atoms with Crippen LogP contribution in [0, 0.1) is 11.6 Å². The van der Waals surface area contributed by atoms with Crippen LogP contribution in [0.5, 0.6) is 0 Å². The smallest absolute Gasteiger partial charge is 0.184 e. The quantitative estimate of drug-likeness (QED) is 0.880. The number of hydrogen-bond acceptors (Lipinski definition) is 3. The molecule has 2 N–H and O–H groups in total. The fourth-order valence-electron chi connectivity index (χ4n) is 1.76. The van der Waals surface area contributed by atoms with Gasteiger partial charge < -0.3 is 5.73 Å². The number of nitrogen functional groups attached to an aromatic ring is 1. The van der Waals surface area contributed by atoms with Crippen molar-refractivity contribution in [2.45, 2.75) is 10.6 Å². The molecule has 2 aromatic carbocycles. The van der Waals surface area contributed by atoms with Gasteiger partial charge in [-0.05, 0) is 29.8 Å². The lowest BCUT2D eigenvalue weighted by Crippen LogP contribution is -2.08. The van der Waals surface area contributed by atoms with Crippen molar-refractivity contribution in [1.82, 2.24) is 0 Å². The van der Waals surface area contributed by atoms with Crippen LogP contribution in [0.4, 0.5) is 14.5 Å². The van der Waals surface area contributed by atoms with E-state index >= 15 is 0 Å². The van der Waals surface area contributed by atoms with Gasteiger partial charge >= 0.3 is 0 Å². The second-order valence-corrected chi connectivity index (χ2v) is 6.03. The van der Waals surface area contributed by atoms with Gasteiger partial charge in [0.15, 0.2) is 9.84 Å². The highest BCUT2D eigenvalue weighted by atomic mass is 32.2. The van der Waals surface area contributed by atoms with E-state index in [1.807, 2.05) is 0 Å². The Kier molecular flexibility index (Phi) is 3.53. The molecular weight excluding hydrogens is 272 g/mol. The molecule has 0 aromatic heterocycles. The zero-order chi connectivity index (χ0) is 14.0. The van der Waals surface area contributed by atoms with E-state index in [4.69, 9.17) is 5.73 Å². The SMILES string of the molecule is Nc1ccccc1S(=O)(=O)Cc1cc(F)cc(F)c1. The minimum absolute atomic E-state index is 0.0420. The largest absolute Gasteiger partial charge is 0.398 e. The van der Waals surface area contributed by atoms with Gasteiger partial charge in [-0.15, -0.1) is 0 Å². The van der Waals surface area contributed by atoms with Crippen LogP contribution >= 0.6 is 0 Å². The van der Waals surface area contributed by atoms with E-state index in [-0.39, 0.29) is 16.1 Å². The molecule has 2 rings (SSSR count). The summed E-state index contributed by atoms with van der Waals surface area (Å²) in [5, 5.41) is 0. The fourth-order valence-corrected chi connectivity index (χ4v) is 3.23. The van der Waals surface area contributed by atoms with Crippen LogP contribution in [0.25, 0.3) is 0 Å².